The van der Waals surface area contributed by atoms with Gasteiger partial charge in [-0.15, -0.1) is 0 Å². The lowest BCUT2D eigenvalue weighted by molar-refractivity contribution is 0.390. The number of benzene rings is 2. The minimum absolute atomic E-state index is 0.209. The number of nitrogens with one attached hydrogen (secondary N) is 2. The van der Waals surface area contributed by atoms with Crippen LogP contribution in [0, 0.1) is 0 Å². The molecule has 0 unspecified atom stereocenters. The van der Waals surface area contributed by atoms with Crippen molar-refractivity contribution in [3.63, 3.8) is 0 Å². The van der Waals surface area contributed by atoms with Crippen molar-refractivity contribution in [1.29, 1.82) is 0 Å². The van der Waals surface area contributed by atoms with Crippen molar-refractivity contribution in [2.45, 2.75) is 19.3 Å². The second kappa shape index (κ2) is 9.69. The normalized spacial score (nSPS) is 11.3. The van der Waals surface area contributed by atoms with E-state index >= 15 is 0 Å². The molecular weight excluding hydrogens is 451 g/mol. The third-order valence-corrected chi connectivity index (χ3v) is 4.91. The smallest absolute Gasteiger partial charge is 0.147 e. The summed E-state index contributed by atoms with van der Waals surface area (Å²) in [5, 5.41) is 6.55. The van der Waals surface area contributed by atoms with Crippen molar-refractivity contribution >= 4 is 34.0 Å². The lowest BCUT2D eigenvalue weighted by Gasteiger charge is -2.28. The molecule has 144 valence electrons. The summed E-state index contributed by atoms with van der Waals surface area (Å²) in [5.74, 6) is 1.51. The zero-order chi connectivity index (χ0) is 19.9. The lowest BCUT2D eigenvalue weighted by Crippen LogP contribution is -2.20. The first kappa shape index (κ1) is 21.2. The average molecular weight is 478 g/mol. The van der Waals surface area contributed by atoms with Gasteiger partial charge in [0, 0.05) is 30.4 Å². The van der Waals surface area contributed by atoms with Crippen LogP contribution in [0.5, 0.6) is 11.5 Å². The second-order valence-electron chi connectivity index (χ2n) is 6.54. The van der Waals surface area contributed by atoms with Gasteiger partial charge in [-0.05, 0) is 58.0 Å². The number of hydrogen-bond donors (Lipinski definition) is 2. The maximum absolute atomic E-state index is 5.68. The van der Waals surface area contributed by atoms with Crippen molar-refractivity contribution in [3.8, 4) is 11.5 Å². The Bertz CT molecular complexity index is 816. The molecule has 2 aromatic carbocycles. The van der Waals surface area contributed by atoms with Crippen LogP contribution < -0.4 is 20.1 Å². The Morgan fingerprint density at radius 3 is 2.59 bits per heavy atom. The lowest BCUT2D eigenvalue weighted by atomic mass is 9.77. The minimum Gasteiger partial charge on any atom is -0.497 e. The summed E-state index contributed by atoms with van der Waals surface area (Å²) >= 11 is 2.17. The topological polar surface area (TPSA) is 42.5 Å². The molecule has 0 amide bonds. The number of rotatable bonds is 9. The summed E-state index contributed by atoms with van der Waals surface area (Å²) in [4.78, 5) is 0. The number of halogens is 1. The van der Waals surface area contributed by atoms with Gasteiger partial charge in [-0.25, -0.2) is 0 Å². The first-order valence-electron chi connectivity index (χ1n) is 8.70. The molecule has 2 aromatic rings. The Hall–Kier alpha value is -2.15. The van der Waals surface area contributed by atoms with Gasteiger partial charge in [0.1, 0.15) is 16.1 Å². The van der Waals surface area contributed by atoms with Gasteiger partial charge in [0.15, 0.2) is 0 Å². The Kier molecular flexibility index (Phi) is 7.59. The van der Waals surface area contributed by atoms with Crippen molar-refractivity contribution in [1.82, 2.24) is 0 Å². The number of anilines is 2. The highest BCUT2D eigenvalue weighted by Gasteiger charge is 2.25. The molecule has 0 aliphatic carbocycles. The van der Waals surface area contributed by atoms with Gasteiger partial charge in [0.05, 0.1) is 12.8 Å². The molecule has 4 nitrogen and oxygen atoms in total. The highest BCUT2D eigenvalue weighted by atomic mass is 127. The molecule has 5 heteroatoms. The van der Waals surface area contributed by atoms with E-state index in [0.717, 1.165) is 28.4 Å². The predicted octanol–water partition coefficient (Wildman–Crippen LogP) is 5.97. The summed E-state index contributed by atoms with van der Waals surface area (Å²) in [6, 6.07) is 14.0. The third kappa shape index (κ3) is 5.19. The van der Waals surface area contributed by atoms with E-state index in [9.17, 15) is 0 Å². The number of ether oxygens (including phenoxy) is 2. The fraction of sp³-hybridized carbons (Fsp3) is 0.273. The number of methoxy groups -OCH3 is 1. The van der Waals surface area contributed by atoms with Gasteiger partial charge >= 0.3 is 0 Å². The molecule has 2 N–H and O–H groups in total. The van der Waals surface area contributed by atoms with Gasteiger partial charge in [-0.3, -0.25) is 0 Å². The molecule has 27 heavy (non-hydrogen) atoms. The molecule has 0 saturated heterocycles. The van der Waals surface area contributed by atoms with Gasteiger partial charge in [-0.1, -0.05) is 38.6 Å². The van der Waals surface area contributed by atoms with Crippen LogP contribution in [0.4, 0.5) is 11.4 Å². The van der Waals surface area contributed by atoms with Gasteiger partial charge in [0.2, 0.25) is 0 Å². The van der Waals surface area contributed by atoms with Crippen molar-refractivity contribution in [2.24, 2.45) is 0 Å². The second-order valence-corrected chi connectivity index (χ2v) is 7.16. The Balaban J connectivity index is 2.17. The van der Waals surface area contributed by atoms with E-state index < -0.39 is 0 Å². The number of para-hydroxylation sites is 1. The summed E-state index contributed by atoms with van der Waals surface area (Å²) in [7, 11) is 3.58. The molecule has 0 atom stereocenters. The maximum Gasteiger partial charge on any atom is 0.147 e. The van der Waals surface area contributed by atoms with Crippen LogP contribution in [0.3, 0.4) is 0 Å². The van der Waals surface area contributed by atoms with Crippen LogP contribution in [-0.2, 0) is 5.41 Å². The first-order valence-corrected chi connectivity index (χ1v) is 10.2. The van der Waals surface area contributed by atoms with Crippen LogP contribution in [0.15, 0.2) is 66.9 Å². The molecule has 0 aromatic heterocycles. The van der Waals surface area contributed by atoms with Crippen LogP contribution >= 0.6 is 22.6 Å². The summed E-state index contributed by atoms with van der Waals surface area (Å²) in [5.41, 5.74) is 3.99. The maximum atomic E-state index is 5.68. The highest BCUT2D eigenvalue weighted by molar-refractivity contribution is 14.1. The number of allylic oxidation sites excluding steroid dienone is 2. The highest BCUT2D eigenvalue weighted by Crippen LogP contribution is 2.36. The van der Waals surface area contributed by atoms with E-state index in [1.54, 1.807) is 7.11 Å². The van der Waals surface area contributed by atoms with E-state index in [4.69, 9.17) is 9.47 Å². The van der Waals surface area contributed by atoms with Crippen molar-refractivity contribution in [2.75, 3.05) is 29.4 Å². The zero-order valence-electron chi connectivity index (χ0n) is 16.3. The van der Waals surface area contributed by atoms with Crippen LogP contribution in [0.25, 0.3) is 0 Å². The predicted molar refractivity (Wildman–Crippen MR) is 123 cm³/mol. The van der Waals surface area contributed by atoms with E-state index in [-0.39, 0.29) is 5.41 Å². The van der Waals surface area contributed by atoms with Gasteiger partial charge in [0.25, 0.3) is 0 Å². The first-order chi connectivity index (χ1) is 12.9. The fourth-order valence-corrected chi connectivity index (χ4v) is 3.12. The average Bonchev–Trinajstić information content (AvgIpc) is 2.68. The largest absolute Gasteiger partial charge is 0.497 e. The summed E-state index contributed by atoms with van der Waals surface area (Å²) < 4.78 is 11.5. The molecule has 0 bridgehead atoms. The van der Waals surface area contributed by atoms with Crippen molar-refractivity contribution < 1.29 is 9.47 Å². The molecular formula is C22H27IN2O2. The van der Waals surface area contributed by atoms with Gasteiger partial charge < -0.3 is 20.1 Å². The third-order valence-electron chi connectivity index (χ3n) is 4.59. The molecule has 0 spiro atoms. The monoisotopic (exact) mass is 478 g/mol. The Morgan fingerprint density at radius 1 is 1.19 bits per heavy atom. The molecule has 0 radical (unpaired) electrons. The quantitative estimate of drug-likeness (QED) is 0.265. The molecule has 0 fully saturated rings. The minimum atomic E-state index is -0.209. The van der Waals surface area contributed by atoms with Crippen molar-refractivity contribution in [3.05, 3.63) is 72.5 Å². The fourth-order valence-electron chi connectivity index (χ4n) is 2.79. The zero-order valence-corrected chi connectivity index (χ0v) is 18.5. The molecule has 0 heterocycles. The molecule has 2 rings (SSSR count). The number of hydrogen-bond acceptors (Lipinski definition) is 4. The Labute approximate surface area is 175 Å². The van der Waals surface area contributed by atoms with Crippen LogP contribution in [0.2, 0.25) is 0 Å². The molecule has 0 saturated carbocycles. The van der Waals surface area contributed by atoms with E-state index in [1.165, 1.54) is 5.56 Å². The van der Waals surface area contributed by atoms with E-state index in [0.29, 0.717) is 4.61 Å². The van der Waals surface area contributed by atoms with E-state index in [1.807, 2.05) is 43.6 Å². The van der Waals surface area contributed by atoms with Gasteiger partial charge in [-0.2, -0.15) is 0 Å². The molecule has 0 aliphatic heterocycles. The van der Waals surface area contributed by atoms with Crippen LogP contribution in [0.1, 0.15) is 19.4 Å². The number of alkyl halides is 1. The summed E-state index contributed by atoms with van der Waals surface area (Å²) in [6.07, 6.45) is 3.90. The SMILES string of the molecule is C=C(C=CNc1ccc(OC)cc1OCI)C(C)(C)c1ccccc1NC. The van der Waals surface area contributed by atoms with Crippen LogP contribution in [-0.4, -0.2) is 18.8 Å². The summed E-state index contributed by atoms with van der Waals surface area (Å²) in [6.45, 7) is 8.64. The standard InChI is InChI=1S/C22H27IN2O2/c1-16(22(2,3)18-8-6-7-9-19(18)24-4)12-13-25-20-11-10-17(26-5)14-21(20)27-15-23/h6-14,24-25H,1,15H2,2-5H3. The molecule has 0 aliphatic rings. The van der Waals surface area contributed by atoms with E-state index in [2.05, 4.69) is 71.8 Å². The Morgan fingerprint density at radius 2 is 1.93 bits per heavy atom.